The number of rotatable bonds is 4. The van der Waals surface area contributed by atoms with Gasteiger partial charge in [-0.25, -0.2) is 4.39 Å². The van der Waals surface area contributed by atoms with Crippen molar-refractivity contribution in [1.29, 1.82) is 0 Å². The summed E-state index contributed by atoms with van der Waals surface area (Å²) < 4.78 is 13.4. The molecule has 2 unspecified atom stereocenters. The van der Waals surface area contributed by atoms with Gasteiger partial charge in [0.25, 0.3) is 0 Å². The molecule has 1 fully saturated rings. The SMILES string of the molecule is Cc1ccc(C(NC(=O)C2CCNC2)c2ccc(F)cc2Cl)cc1.Cl. The van der Waals surface area contributed by atoms with E-state index in [2.05, 4.69) is 10.6 Å². The molecule has 2 aromatic rings. The average Bonchev–Trinajstić information content (AvgIpc) is 3.08. The van der Waals surface area contributed by atoms with Crippen molar-refractivity contribution in [3.8, 4) is 0 Å². The summed E-state index contributed by atoms with van der Waals surface area (Å²) >= 11 is 6.24. The Morgan fingerprint density at radius 1 is 1.28 bits per heavy atom. The third-order valence-electron chi connectivity index (χ3n) is 4.40. The number of amides is 1. The monoisotopic (exact) mass is 382 g/mol. The number of hydrogen-bond acceptors (Lipinski definition) is 2. The highest BCUT2D eigenvalue weighted by Gasteiger charge is 2.26. The molecule has 2 atom stereocenters. The van der Waals surface area contributed by atoms with Crippen LogP contribution in [-0.4, -0.2) is 19.0 Å². The number of hydrogen-bond donors (Lipinski definition) is 2. The van der Waals surface area contributed by atoms with Crippen LogP contribution in [0.25, 0.3) is 0 Å². The van der Waals surface area contributed by atoms with Gasteiger partial charge in [0.05, 0.1) is 12.0 Å². The largest absolute Gasteiger partial charge is 0.345 e. The van der Waals surface area contributed by atoms with Gasteiger partial charge in [-0.3, -0.25) is 4.79 Å². The normalized spacial score (nSPS) is 17.6. The molecule has 25 heavy (non-hydrogen) atoms. The Morgan fingerprint density at radius 2 is 2.00 bits per heavy atom. The van der Waals surface area contributed by atoms with Crippen molar-refractivity contribution in [1.82, 2.24) is 10.6 Å². The number of benzene rings is 2. The summed E-state index contributed by atoms with van der Waals surface area (Å²) in [5.41, 5.74) is 2.75. The first kappa shape index (κ1) is 19.7. The van der Waals surface area contributed by atoms with Gasteiger partial charge in [-0.05, 0) is 43.1 Å². The third kappa shape index (κ3) is 4.72. The molecule has 2 aromatic carbocycles. The molecule has 3 nitrogen and oxygen atoms in total. The highest BCUT2D eigenvalue weighted by Crippen LogP contribution is 2.30. The van der Waals surface area contributed by atoms with Gasteiger partial charge in [0.15, 0.2) is 0 Å². The Hall–Kier alpha value is -1.62. The predicted molar refractivity (Wildman–Crippen MR) is 101 cm³/mol. The fraction of sp³-hybridized carbons (Fsp3) is 0.316. The van der Waals surface area contributed by atoms with E-state index in [1.165, 1.54) is 12.1 Å². The van der Waals surface area contributed by atoms with E-state index in [0.29, 0.717) is 17.1 Å². The van der Waals surface area contributed by atoms with Gasteiger partial charge in [-0.1, -0.05) is 47.5 Å². The minimum Gasteiger partial charge on any atom is -0.345 e. The lowest BCUT2D eigenvalue weighted by atomic mass is 9.96. The second-order valence-electron chi connectivity index (χ2n) is 6.21. The maximum atomic E-state index is 13.4. The Kier molecular flexibility index (Phi) is 6.82. The first-order chi connectivity index (χ1) is 11.5. The Balaban J connectivity index is 0.00000225. The van der Waals surface area contributed by atoms with Crippen LogP contribution in [0.4, 0.5) is 4.39 Å². The number of halogens is 3. The van der Waals surface area contributed by atoms with E-state index in [1.807, 2.05) is 31.2 Å². The summed E-state index contributed by atoms with van der Waals surface area (Å²) in [4.78, 5) is 12.6. The second-order valence-corrected chi connectivity index (χ2v) is 6.62. The summed E-state index contributed by atoms with van der Waals surface area (Å²) in [5.74, 6) is -0.444. The topological polar surface area (TPSA) is 41.1 Å². The fourth-order valence-corrected chi connectivity index (χ4v) is 3.25. The molecule has 1 amide bonds. The van der Waals surface area contributed by atoms with Crippen molar-refractivity contribution in [3.05, 3.63) is 70.0 Å². The first-order valence-electron chi connectivity index (χ1n) is 8.07. The molecule has 0 spiro atoms. The lowest BCUT2D eigenvalue weighted by molar-refractivity contribution is -0.124. The second kappa shape index (κ2) is 8.65. The van der Waals surface area contributed by atoms with Crippen LogP contribution in [0.2, 0.25) is 5.02 Å². The minimum absolute atomic E-state index is 0. The number of nitrogens with one attached hydrogen (secondary N) is 2. The molecular formula is C19H21Cl2FN2O. The van der Waals surface area contributed by atoms with Gasteiger partial charge < -0.3 is 10.6 Å². The highest BCUT2D eigenvalue weighted by molar-refractivity contribution is 6.31. The van der Waals surface area contributed by atoms with Crippen LogP contribution in [0.15, 0.2) is 42.5 Å². The molecule has 0 aromatic heterocycles. The minimum atomic E-state index is -0.396. The molecule has 134 valence electrons. The predicted octanol–water partition coefficient (Wildman–Crippen LogP) is 4.02. The third-order valence-corrected chi connectivity index (χ3v) is 4.73. The van der Waals surface area contributed by atoms with Gasteiger partial charge in [-0.2, -0.15) is 0 Å². The fourth-order valence-electron chi connectivity index (χ4n) is 2.97. The maximum Gasteiger partial charge on any atom is 0.225 e. The summed E-state index contributed by atoms with van der Waals surface area (Å²) in [5, 5.41) is 6.59. The smallest absolute Gasteiger partial charge is 0.225 e. The number of carbonyl (C=O) groups excluding carboxylic acids is 1. The number of carbonyl (C=O) groups is 1. The molecule has 6 heteroatoms. The van der Waals surface area contributed by atoms with Crippen molar-refractivity contribution in [2.24, 2.45) is 5.92 Å². The number of aryl methyl sites for hydroxylation is 1. The quantitative estimate of drug-likeness (QED) is 0.837. The van der Waals surface area contributed by atoms with E-state index >= 15 is 0 Å². The Morgan fingerprint density at radius 3 is 2.60 bits per heavy atom. The zero-order chi connectivity index (χ0) is 17.1. The zero-order valence-electron chi connectivity index (χ0n) is 13.9. The van der Waals surface area contributed by atoms with Crippen molar-refractivity contribution in [2.75, 3.05) is 13.1 Å². The van der Waals surface area contributed by atoms with Crippen LogP contribution >= 0.6 is 24.0 Å². The van der Waals surface area contributed by atoms with Crippen LogP contribution < -0.4 is 10.6 Å². The molecule has 0 bridgehead atoms. The van der Waals surface area contributed by atoms with E-state index < -0.39 is 11.9 Å². The van der Waals surface area contributed by atoms with Gasteiger partial charge >= 0.3 is 0 Å². The molecule has 0 aliphatic carbocycles. The lowest BCUT2D eigenvalue weighted by Gasteiger charge is -2.23. The summed E-state index contributed by atoms with van der Waals surface area (Å²) in [6.07, 6.45) is 0.823. The Labute approximate surface area is 158 Å². The van der Waals surface area contributed by atoms with Crippen LogP contribution in [-0.2, 0) is 4.79 Å². The van der Waals surface area contributed by atoms with Crippen molar-refractivity contribution in [2.45, 2.75) is 19.4 Å². The standard InChI is InChI=1S/C19H20ClFN2O.ClH/c1-12-2-4-13(5-3-12)18(16-7-6-15(21)10-17(16)20)23-19(24)14-8-9-22-11-14;/h2-7,10,14,18,22H,8-9,11H2,1H3,(H,23,24);1H. The van der Waals surface area contributed by atoms with Crippen LogP contribution in [0.5, 0.6) is 0 Å². The lowest BCUT2D eigenvalue weighted by Crippen LogP contribution is -2.35. The highest BCUT2D eigenvalue weighted by atomic mass is 35.5. The zero-order valence-corrected chi connectivity index (χ0v) is 15.5. The summed E-state index contributed by atoms with van der Waals surface area (Å²) in [6.45, 7) is 3.54. The van der Waals surface area contributed by atoms with E-state index in [0.717, 1.165) is 24.1 Å². The maximum absolute atomic E-state index is 13.4. The molecule has 2 N–H and O–H groups in total. The van der Waals surface area contributed by atoms with E-state index in [4.69, 9.17) is 11.6 Å². The van der Waals surface area contributed by atoms with Gasteiger partial charge in [0.1, 0.15) is 5.82 Å². The van der Waals surface area contributed by atoms with Crippen molar-refractivity contribution >= 4 is 29.9 Å². The Bertz CT molecular complexity index is 731. The molecule has 1 heterocycles. The van der Waals surface area contributed by atoms with Crippen molar-refractivity contribution < 1.29 is 9.18 Å². The summed E-state index contributed by atoms with van der Waals surface area (Å²) in [7, 11) is 0. The molecule has 0 radical (unpaired) electrons. The van der Waals surface area contributed by atoms with E-state index in [-0.39, 0.29) is 24.2 Å². The molecule has 1 saturated heterocycles. The van der Waals surface area contributed by atoms with Crippen molar-refractivity contribution in [3.63, 3.8) is 0 Å². The van der Waals surface area contributed by atoms with Crippen LogP contribution in [0, 0.1) is 18.7 Å². The van der Waals surface area contributed by atoms with Crippen LogP contribution in [0.3, 0.4) is 0 Å². The molecule has 1 aliphatic rings. The summed E-state index contributed by atoms with van der Waals surface area (Å²) in [6, 6.07) is 11.8. The van der Waals surface area contributed by atoms with E-state index in [9.17, 15) is 9.18 Å². The molecule has 1 aliphatic heterocycles. The molecule has 0 saturated carbocycles. The van der Waals surface area contributed by atoms with Crippen LogP contribution in [0.1, 0.15) is 29.2 Å². The van der Waals surface area contributed by atoms with Gasteiger partial charge in [0, 0.05) is 11.6 Å². The van der Waals surface area contributed by atoms with E-state index in [1.54, 1.807) is 6.07 Å². The first-order valence-corrected chi connectivity index (χ1v) is 8.45. The van der Waals surface area contributed by atoms with Gasteiger partial charge in [0.2, 0.25) is 5.91 Å². The van der Waals surface area contributed by atoms with Gasteiger partial charge in [-0.15, -0.1) is 12.4 Å². The average molecular weight is 383 g/mol. The molecular weight excluding hydrogens is 362 g/mol. The molecule has 3 rings (SSSR count).